The lowest BCUT2D eigenvalue weighted by atomic mass is 9.88. The third-order valence-corrected chi connectivity index (χ3v) is 5.07. The molecule has 2 amide bonds. The summed E-state index contributed by atoms with van der Waals surface area (Å²) in [4.78, 5) is 26.7. The number of carbonyl (C=O) groups is 2. The number of nitrogens with one attached hydrogen (secondary N) is 1. The Hall–Kier alpha value is -2.05. The third kappa shape index (κ3) is 4.19. The molecule has 1 aliphatic carbocycles. The first-order valence-corrected chi connectivity index (χ1v) is 9.58. The van der Waals surface area contributed by atoms with Crippen LogP contribution in [-0.4, -0.2) is 38.8 Å². The zero-order valence-corrected chi connectivity index (χ0v) is 16.3. The van der Waals surface area contributed by atoms with Crippen LogP contribution >= 0.6 is 0 Å². The molecular formula is C19H30N4O3. The monoisotopic (exact) mass is 362 g/mol. The summed E-state index contributed by atoms with van der Waals surface area (Å²) < 4.78 is 7.21. The number of nitrogens with zero attached hydrogens (tertiary/aromatic N) is 3. The van der Waals surface area contributed by atoms with Crippen molar-refractivity contribution in [2.24, 2.45) is 13.0 Å². The standard InChI is InChI=1S/C19H30N4O3/c1-19(2,3)26-18(25)23-11-10-15-14(12-23)16(22(4)21-15)20-17(24)13-8-6-5-7-9-13/h13H,5-12H2,1-4H3,(H,20,24). The van der Waals surface area contributed by atoms with Crippen molar-refractivity contribution in [3.05, 3.63) is 11.3 Å². The van der Waals surface area contributed by atoms with Crippen molar-refractivity contribution in [1.29, 1.82) is 0 Å². The van der Waals surface area contributed by atoms with Gasteiger partial charge in [-0.25, -0.2) is 4.79 Å². The highest BCUT2D eigenvalue weighted by atomic mass is 16.6. The highest BCUT2D eigenvalue weighted by Gasteiger charge is 2.31. The number of aromatic nitrogens is 2. The molecule has 2 heterocycles. The van der Waals surface area contributed by atoms with Crippen LogP contribution in [0.25, 0.3) is 0 Å². The second-order valence-electron chi connectivity index (χ2n) is 8.37. The second-order valence-corrected chi connectivity index (χ2v) is 8.37. The first-order valence-electron chi connectivity index (χ1n) is 9.58. The molecule has 2 aliphatic rings. The molecule has 0 unspecified atom stereocenters. The molecule has 1 aliphatic heterocycles. The lowest BCUT2D eigenvalue weighted by molar-refractivity contribution is -0.120. The van der Waals surface area contributed by atoms with E-state index in [2.05, 4.69) is 10.4 Å². The Morgan fingerprint density at radius 1 is 1.19 bits per heavy atom. The lowest BCUT2D eigenvalue weighted by Crippen LogP contribution is -2.40. The number of carbonyl (C=O) groups excluding carboxylic acids is 2. The highest BCUT2D eigenvalue weighted by Crippen LogP contribution is 2.29. The maximum atomic E-state index is 12.6. The summed E-state index contributed by atoms with van der Waals surface area (Å²) >= 11 is 0. The minimum atomic E-state index is -0.523. The molecule has 1 fully saturated rings. The van der Waals surface area contributed by atoms with Gasteiger partial charge in [-0.2, -0.15) is 5.10 Å². The van der Waals surface area contributed by atoms with Crippen LogP contribution in [-0.2, 0) is 29.5 Å². The topological polar surface area (TPSA) is 76.5 Å². The lowest BCUT2D eigenvalue weighted by Gasteiger charge is -2.30. The number of hydrogen-bond acceptors (Lipinski definition) is 4. The Balaban J connectivity index is 1.73. The normalized spacial score (nSPS) is 18.4. The van der Waals surface area contributed by atoms with E-state index in [0.29, 0.717) is 25.3 Å². The van der Waals surface area contributed by atoms with E-state index in [1.54, 1.807) is 9.58 Å². The van der Waals surface area contributed by atoms with E-state index >= 15 is 0 Å². The summed E-state index contributed by atoms with van der Waals surface area (Å²) in [5, 5.41) is 7.62. The van der Waals surface area contributed by atoms with Gasteiger partial charge in [-0.3, -0.25) is 9.48 Å². The Morgan fingerprint density at radius 2 is 1.88 bits per heavy atom. The van der Waals surface area contributed by atoms with Gasteiger partial charge in [0.2, 0.25) is 5.91 Å². The molecule has 0 bridgehead atoms. The predicted molar refractivity (Wildman–Crippen MR) is 98.8 cm³/mol. The van der Waals surface area contributed by atoms with Gasteiger partial charge in [0.1, 0.15) is 11.4 Å². The first kappa shape index (κ1) is 18.7. The van der Waals surface area contributed by atoms with Crippen molar-refractivity contribution in [2.75, 3.05) is 11.9 Å². The van der Waals surface area contributed by atoms with E-state index in [0.717, 1.165) is 36.9 Å². The van der Waals surface area contributed by atoms with E-state index < -0.39 is 5.60 Å². The Kier molecular flexibility index (Phi) is 5.25. The zero-order valence-electron chi connectivity index (χ0n) is 16.3. The molecule has 7 nitrogen and oxygen atoms in total. The second kappa shape index (κ2) is 7.29. The summed E-state index contributed by atoms with van der Waals surface area (Å²) in [5.74, 6) is 0.869. The van der Waals surface area contributed by atoms with Gasteiger partial charge in [-0.15, -0.1) is 0 Å². The van der Waals surface area contributed by atoms with Gasteiger partial charge < -0.3 is 15.0 Å². The fraction of sp³-hybridized carbons (Fsp3) is 0.737. The number of anilines is 1. The van der Waals surface area contributed by atoms with Crippen molar-refractivity contribution in [3.8, 4) is 0 Å². The van der Waals surface area contributed by atoms with Crippen molar-refractivity contribution >= 4 is 17.8 Å². The molecule has 1 aromatic heterocycles. The summed E-state index contributed by atoms with van der Waals surface area (Å²) in [6, 6.07) is 0. The molecular weight excluding hydrogens is 332 g/mol. The van der Waals surface area contributed by atoms with E-state index in [-0.39, 0.29) is 17.9 Å². The van der Waals surface area contributed by atoms with Gasteiger partial charge in [0.25, 0.3) is 0 Å². The average Bonchev–Trinajstić information content (AvgIpc) is 2.89. The summed E-state index contributed by atoms with van der Waals surface area (Å²) in [5.41, 5.74) is 1.35. The van der Waals surface area contributed by atoms with Gasteiger partial charge in [0.05, 0.1) is 12.2 Å². The number of rotatable bonds is 2. The summed E-state index contributed by atoms with van der Waals surface area (Å²) in [6.45, 7) is 6.58. The molecule has 0 spiro atoms. The number of hydrogen-bond donors (Lipinski definition) is 1. The zero-order chi connectivity index (χ0) is 18.9. The molecule has 0 radical (unpaired) electrons. The molecule has 0 atom stereocenters. The Bertz CT molecular complexity index is 684. The van der Waals surface area contributed by atoms with Crippen LogP contribution in [0, 0.1) is 5.92 Å². The largest absolute Gasteiger partial charge is 0.444 e. The summed E-state index contributed by atoms with van der Waals surface area (Å²) in [7, 11) is 1.84. The minimum Gasteiger partial charge on any atom is -0.444 e. The van der Waals surface area contributed by atoms with Crippen molar-refractivity contribution in [3.63, 3.8) is 0 Å². The molecule has 3 rings (SSSR count). The van der Waals surface area contributed by atoms with E-state index in [1.165, 1.54) is 6.42 Å². The fourth-order valence-corrected chi connectivity index (χ4v) is 3.72. The molecule has 1 N–H and O–H groups in total. The SMILES string of the molecule is Cn1nc2c(c1NC(=O)C1CCCCC1)CN(C(=O)OC(C)(C)C)CC2. The number of ether oxygens (including phenoxy) is 1. The van der Waals surface area contributed by atoms with Gasteiger partial charge in [0, 0.05) is 31.5 Å². The molecule has 144 valence electrons. The predicted octanol–water partition coefficient (Wildman–Crippen LogP) is 3.23. The smallest absolute Gasteiger partial charge is 0.410 e. The Morgan fingerprint density at radius 3 is 2.54 bits per heavy atom. The minimum absolute atomic E-state index is 0.0740. The average molecular weight is 362 g/mol. The van der Waals surface area contributed by atoms with E-state index in [9.17, 15) is 9.59 Å². The van der Waals surface area contributed by atoms with Crippen LogP contribution in [0.15, 0.2) is 0 Å². The van der Waals surface area contributed by atoms with Crippen LogP contribution in [0.2, 0.25) is 0 Å². The molecule has 1 saturated carbocycles. The van der Waals surface area contributed by atoms with Crippen LogP contribution < -0.4 is 5.32 Å². The van der Waals surface area contributed by atoms with Gasteiger partial charge in [-0.05, 0) is 33.6 Å². The summed E-state index contributed by atoms with van der Waals surface area (Å²) in [6.07, 6.45) is 5.71. The quantitative estimate of drug-likeness (QED) is 0.876. The van der Waals surface area contributed by atoms with Crippen molar-refractivity contribution < 1.29 is 14.3 Å². The molecule has 7 heteroatoms. The molecule has 26 heavy (non-hydrogen) atoms. The maximum absolute atomic E-state index is 12.6. The van der Waals surface area contributed by atoms with Gasteiger partial charge >= 0.3 is 6.09 Å². The van der Waals surface area contributed by atoms with Crippen LogP contribution in [0.5, 0.6) is 0 Å². The van der Waals surface area contributed by atoms with Crippen molar-refractivity contribution in [2.45, 2.75) is 71.4 Å². The van der Waals surface area contributed by atoms with Crippen LogP contribution in [0.4, 0.5) is 10.6 Å². The fourth-order valence-electron chi connectivity index (χ4n) is 3.72. The molecule has 0 saturated heterocycles. The third-order valence-electron chi connectivity index (χ3n) is 5.07. The highest BCUT2D eigenvalue weighted by molar-refractivity contribution is 5.92. The first-order chi connectivity index (χ1) is 12.2. The molecule has 1 aromatic rings. The maximum Gasteiger partial charge on any atom is 0.410 e. The molecule has 0 aromatic carbocycles. The van der Waals surface area contributed by atoms with E-state index in [1.807, 2.05) is 27.8 Å². The van der Waals surface area contributed by atoms with Gasteiger partial charge in [-0.1, -0.05) is 19.3 Å². The van der Waals surface area contributed by atoms with E-state index in [4.69, 9.17) is 4.74 Å². The van der Waals surface area contributed by atoms with Crippen LogP contribution in [0.3, 0.4) is 0 Å². The number of aryl methyl sites for hydroxylation is 1. The Labute approximate surface area is 155 Å². The van der Waals surface area contributed by atoms with Gasteiger partial charge in [0.15, 0.2) is 0 Å². The van der Waals surface area contributed by atoms with Crippen LogP contribution in [0.1, 0.15) is 64.1 Å². The number of amides is 2. The van der Waals surface area contributed by atoms with Crippen molar-refractivity contribution in [1.82, 2.24) is 14.7 Å². The number of fused-ring (bicyclic) bond motifs is 1.